The van der Waals surface area contributed by atoms with Crippen LogP contribution in [0.1, 0.15) is 6.92 Å². The van der Waals surface area contributed by atoms with Crippen LogP contribution in [0.3, 0.4) is 0 Å². The normalized spacial score (nSPS) is 11.6. The first-order valence-electron chi connectivity index (χ1n) is 7.83. The molecule has 2 aromatic carbocycles. The van der Waals surface area contributed by atoms with Crippen LogP contribution < -0.4 is 15.4 Å². The molecule has 2 aromatic rings. The molecule has 2 amide bonds. The topological polar surface area (TPSA) is 67.4 Å². The number of rotatable bonds is 7. The van der Waals surface area contributed by atoms with Crippen molar-refractivity contribution >= 4 is 29.3 Å². The number of halogens is 3. The van der Waals surface area contributed by atoms with Gasteiger partial charge in [-0.25, -0.2) is 13.2 Å². The van der Waals surface area contributed by atoms with E-state index in [0.717, 1.165) is 11.0 Å². The highest BCUT2D eigenvalue weighted by atomic mass is 32.2. The fraction of sp³-hybridized carbons (Fsp3) is 0.222. The number of amides is 2. The van der Waals surface area contributed by atoms with Crippen molar-refractivity contribution in [1.29, 1.82) is 0 Å². The van der Waals surface area contributed by atoms with Gasteiger partial charge in [-0.3, -0.25) is 9.59 Å². The Balaban J connectivity index is 1.87. The Bertz CT molecular complexity index is 849. The Morgan fingerprint density at radius 3 is 2.59 bits per heavy atom. The highest BCUT2D eigenvalue weighted by molar-refractivity contribution is 8.00. The second-order valence-electron chi connectivity index (χ2n) is 5.43. The number of anilines is 1. The zero-order chi connectivity index (χ0) is 20.0. The van der Waals surface area contributed by atoms with Gasteiger partial charge >= 0.3 is 0 Å². The quantitative estimate of drug-likeness (QED) is 0.555. The maximum atomic E-state index is 13.5. The molecule has 0 aliphatic carbocycles. The first-order chi connectivity index (χ1) is 12.8. The average Bonchev–Trinajstić information content (AvgIpc) is 2.66. The van der Waals surface area contributed by atoms with Gasteiger partial charge in [-0.05, 0) is 37.3 Å². The van der Waals surface area contributed by atoms with Gasteiger partial charge < -0.3 is 15.4 Å². The van der Waals surface area contributed by atoms with Crippen molar-refractivity contribution in [2.45, 2.75) is 17.1 Å². The van der Waals surface area contributed by atoms with E-state index in [2.05, 4.69) is 10.6 Å². The Morgan fingerprint density at radius 2 is 1.89 bits per heavy atom. The molecule has 0 aromatic heterocycles. The largest absolute Gasteiger partial charge is 0.497 e. The van der Waals surface area contributed by atoms with Gasteiger partial charge in [-0.15, -0.1) is 11.8 Å². The number of ether oxygens (including phenoxy) is 1. The third kappa shape index (κ3) is 5.65. The zero-order valence-corrected chi connectivity index (χ0v) is 15.3. The molecule has 9 heteroatoms. The second kappa shape index (κ2) is 9.31. The minimum absolute atomic E-state index is 0.413. The van der Waals surface area contributed by atoms with Crippen LogP contribution >= 0.6 is 11.8 Å². The molecule has 0 saturated heterocycles. The Labute approximate surface area is 158 Å². The van der Waals surface area contributed by atoms with Gasteiger partial charge in [-0.2, -0.15) is 0 Å². The van der Waals surface area contributed by atoms with Crippen molar-refractivity contribution in [3.63, 3.8) is 0 Å². The fourth-order valence-electron chi connectivity index (χ4n) is 2.06. The summed E-state index contributed by atoms with van der Waals surface area (Å²) in [6.45, 7) is 1.21. The second-order valence-corrected chi connectivity index (χ2v) is 6.84. The van der Waals surface area contributed by atoms with E-state index in [-0.39, 0.29) is 0 Å². The predicted octanol–water partition coefficient (Wildman–Crippen LogP) is 3.35. The van der Waals surface area contributed by atoms with E-state index in [9.17, 15) is 22.8 Å². The molecule has 5 nitrogen and oxygen atoms in total. The van der Waals surface area contributed by atoms with Crippen LogP contribution in [0, 0.1) is 17.5 Å². The van der Waals surface area contributed by atoms with Gasteiger partial charge in [0.1, 0.15) is 5.75 Å². The fourth-order valence-corrected chi connectivity index (χ4v) is 3.00. The van der Waals surface area contributed by atoms with Gasteiger partial charge in [0.15, 0.2) is 17.5 Å². The number of nitrogens with one attached hydrogen (secondary N) is 2. The van der Waals surface area contributed by atoms with Crippen molar-refractivity contribution in [1.82, 2.24) is 5.32 Å². The van der Waals surface area contributed by atoms with Gasteiger partial charge in [-0.1, -0.05) is 6.07 Å². The van der Waals surface area contributed by atoms with Gasteiger partial charge in [0, 0.05) is 4.90 Å². The zero-order valence-electron chi connectivity index (χ0n) is 14.5. The standard InChI is InChI=1S/C18H17F3N2O3S/c1-10(27-12-5-3-4-11(8-12)26-2)18(25)22-9-15(24)23-14-7-6-13(19)16(20)17(14)21/h3-8,10H,9H2,1-2H3,(H,22,25)(H,23,24). The summed E-state index contributed by atoms with van der Waals surface area (Å²) in [6.07, 6.45) is 0. The molecular weight excluding hydrogens is 381 g/mol. The monoisotopic (exact) mass is 398 g/mol. The highest BCUT2D eigenvalue weighted by Crippen LogP contribution is 2.26. The van der Waals surface area contributed by atoms with Crippen molar-refractivity contribution < 1.29 is 27.5 Å². The Kier molecular flexibility index (Phi) is 7.12. The molecule has 0 spiro atoms. The van der Waals surface area contributed by atoms with Gasteiger partial charge in [0.05, 0.1) is 24.6 Å². The summed E-state index contributed by atoms with van der Waals surface area (Å²) in [6, 6.07) is 8.74. The molecule has 2 rings (SSSR count). The molecule has 2 N–H and O–H groups in total. The SMILES string of the molecule is COc1cccc(SC(C)C(=O)NCC(=O)Nc2ccc(F)c(F)c2F)c1. The summed E-state index contributed by atoms with van der Waals surface area (Å²) in [5, 5.41) is 3.97. The third-order valence-electron chi connectivity index (χ3n) is 3.46. The first-order valence-corrected chi connectivity index (χ1v) is 8.71. The Hall–Kier alpha value is -2.68. The number of carbonyl (C=O) groups excluding carboxylic acids is 2. The summed E-state index contributed by atoms with van der Waals surface area (Å²) in [5.41, 5.74) is -0.507. The number of benzene rings is 2. The van der Waals surface area contributed by atoms with Crippen molar-refractivity contribution in [2.75, 3.05) is 19.0 Å². The van der Waals surface area contributed by atoms with Crippen LogP contribution in [-0.4, -0.2) is 30.7 Å². The molecule has 0 saturated carbocycles. The van der Waals surface area contributed by atoms with Crippen LogP contribution in [0.4, 0.5) is 18.9 Å². The average molecular weight is 398 g/mol. The van der Waals surface area contributed by atoms with Gasteiger partial charge in [0.2, 0.25) is 11.8 Å². The lowest BCUT2D eigenvalue weighted by atomic mass is 10.2. The lowest BCUT2D eigenvalue weighted by Crippen LogP contribution is -2.37. The summed E-state index contributed by atoms with van der Waals surface area (Å²) >= 11 is 1.27. The smallest absolute Gasteiger partial charge is 0.243 e. The van der Waals surface area contributed by atoms with Crippen LogP contribution in [-0.2, 0) is 9.59 Å². The van der Waals surface area contributed by atoms with E-state index in [0.29, 0.717) is 11.8 Å². The minimum Gasteiger partial charge on any atom is -0.497 e. The third-order valence-corrected chi connectivity index (χ3v) is 4.55. The van der Waals surface area contributed by atoms with Crippen LogP contribution in [0.25, 0.3) is 0 Å². The van der Waals surface area contributed by atoms with Crippen molar-refractivity contribution in [3.8, 4) is 5.75 Å². The summed E-state index contributed by atoms with van der Waals surface area (Å²) in [7, 11) is 1.54. The van der Waals surface area contributed by atoms with Gasteiger partial charge in [0.25, 0.3) is 0 Å². The molecule has 27 heavy (non-hydrogen) atoms. The summed E-state index contributed by atoms with van der Waals surface area (Å²) in [5.74, 6) is -5.07. The molecule has 0 aliphatic heterocycles. The lowest BCUT2D eigenvalue weighted by Gasteiger charge is -2.13. The number of methoxy groups -OCH3 is 1. The molecule has 1 atom stereocenters. The molecule has 0 bridgehead atoms. The molecule has 0 aliphatic rings. The maximum Gasteiger partial charge on any atom is 0.243 e. The van der Waals surface area contributed by atoms with E-state index >= 15 is 0 Å². The van der Waals surface area contributed by atoms with E-state index in [4.69, 9.17) is 4.74 Å². The Morgan fingerprint density at radius 1 is 1.15 bits per heavy atom. The van der Waals surface area contributed by atoms with E-state index in [1.54, 1.807) is 25.1 Å². The molecule has 0 radical (unpaired) electrons. The van der Waals surface area contributed by atoms with Crippen LogP contribution in [0.5, 0.6) is 5.75 Å². The van der Waals surface area contributed by atoms with Crippen molar-refractivity contribution in [3.05, 3.63) is 53.8 Å². The number of thioether (sulfide) groups is 1. The van der Waals surface area contributed by atoms with Crippen LogP contribution in [0.2, 0.25) is 0 Å². The van der Waals surface area contributed by atoms with Crippen molar-refractivity contribution in [2.24, 2.45) is 0 Å². The molecule has 0 heterocycles. The number of carbonyl (C=O) groups is 2. The molecule has 0 fully saturated rings. The van der Waals surface area contributed by atoms with E-state index < -0.39 is 46.7 Å². The first kappa shape index (κ1) is 20.6. The molecule has 144 valence electrons. The predicted molar refractivity (Wildman–Crippen MR) is 96.3 cm³/mol. The lowest BCUT2D eigenvalue weighted by molar-refractivity contribution is -0.123. The van der Waals surface area contributed by atoms with Crippen LogP contribution in [0.15, 0.2) is 41.3 Å². The summed E-state index contributed by atoms with van der Waals surface area (Å²) < 4.78 is 44.6. The highest BCUT2D eigenvalue weighted by Gasteiger charge is 2.18. The van der Waals surface area contributed by atoms with E-state index in [1.807, 2.05) is 6.07 Å². The number of hydrogen-bond donors (Lipinski definition) is 2. The molecular formula is C18H17F3N2O3S. The minimum atomic E-state index is -1.68. The maximum absolute atomic E-state index is 13.5. The number of hydrogen-bond acceptors (Lipinski definition) is 4. The molecule has 1 unspecified atom stereocenters. The summed E-state index contributed by atoms with van der Waals surface area (Å²) in [4.78, 5) is 24.7. The van der Waals surface area contributed by atoms with E-state index in [1.165, 1.54) is 18.9 Å².